The molecule has 29 nitrogen and oxygen atoms in total. The van der Waals surface area contributed by atoms with Crippen LogP contribution < -0.4 is 42.4 Å². The summed E-state index contributed by atoms with van der Waals surface area (Å²) in [5.74, 6) is 8.49. The Morgan fingerprint density at radius 3 is 1.14 bits per heavy atom. The Morgan fingerprint density at radius 1 is 0.431 bits per heavy atom. The van der Waals surface area contributed by atoms with Gasteiger partial charge in [-0.05, 0) is 167 Å². The van der Waals surface area contributed by atoms with Crippen LogP contribution in [-0.4, -0.2) is 245 Å². The molecule has 4 aromatic rings. The molecular formula is C82H139N15O14S5. The van der Waals surface area contributed by atoms with Gasteiger partial charge in [-0.25, -0.2) is 24.2 Å². The Balaban J connectivity index is 0.000000225. The molecule has 0 N–H and O–H groups in total. The number of aliphatic imine (C=N–C) groups is 1. The van der Waals surface area contributed by atoms with Gasteiger partial charge in [-0.2, -0.15) is 19.9 Å². The van der Waals surface area contributed by atoms with Gasteiger partial charge in [-0.3, -0.25) is 18.3 Å². The third kappa shape index (κ3) is 32.0. The van der Waals surface area contributed by atoms with Crippen LogP contribution in [0.1, 0.15) is 202 Å². The first-order chi connectivity index (χ1) is 55.8. The molecule has 656 valence electrons. The van der Waals surface area contributed by atoms with Gasteiger partial charge in [0, 0.05) is 144 Å². The van der Waals surface area contributed by atoms with Crippen molar-refractivity contribution in [3.8, 4) is 0 Å². The van der Waals surface area contributed by atoms with E-state index in [-0.39, 0.29) is 93.3 Å². The Kier molecular flexibility index (Phi) is 46.0. The predicted octanol–water partition coefficient (Wildman–Crippen LogP) is 13.6. The maximum Gasteiger partial charge on any atom is 0.351 e. The summed E-state index contributed by atoms with van der Waals surface area (Å²) in [5.41, 5.74) is -1.01. The van der Waals surface area contributed by atoms with Crippen molar-refractivity contribution < 1.29 is 47.4 Å². The molecule has 0 bridgehead atoms. The van der Waals surface area contributed by atoms with Crippen LogP contribution in [0.2, 0.25) is 0 Å². The molecule has 0 aromatic carbocycles. The number of anilines is 4. The molecule has 10 atom stereocenters. The Labute approximate surface area is 712 Å². The molecule has 0 radical (unpaired) electrons. The molecule has 34 heteroatoms. The van der Waals surface area contributed by atoms with E-state index >= 15 is 0 Å². The second-order valence-electron chi connectivity index (χ2n) is 29.4. The van der Waals surface area contributed by atoms with Crippen LogP contribution >= 0.6 is 58.8 Å². The van der Waals surface area contributed by atoms with Gasteiger partial charge in [-0.1, -0.05) is 47.1 Å². The first-order valence-electron chi connectivity index (χ1n) is 42.0. The zero-order valence-corrected chi connectivity index (χ0v) is 77.1. The molecule has 5 saturated heterocycles. The van der Waals surface area contributed by atoms with Gasteiger partial charge < -0.3 is 76.8 Å². The van der Waals surface area contributed by atoms with E-state index in [4.69, 9.17) is 52.4 Å². The van der Waals surface area contributed by atoms with Gasteiger partial charge in [0.15, 0.2) is 0 Å². The van der Waals surface area contributed by atoms with Crippen molar-refractivity contribution in [3.05, 3.63) is 116 Å². The molecule has 10 rings (SSSR count). The minimum atomic E-state index is -0.274. The molecule has 6 aliphatic rings. The zero-order chi connectivity index (χ0) is 84.8. The number of thioether (sulfide) groups is 5. The van der Waals surface area contributed by atoms with Crippen molar-refractivity contribution in [1.29, 1.82) is 0 Å². The van der Waals surface area contributed by atoms with Gasteiger partial charge in [0.1, 0.15) is 93.2 Å². The van der Waals surface area contributed by atoms with Crippen LogP contribution in [0, 0.1) is 0 Å². The number of amidine groups is 1. The van der Waals surface area contributed by atoms with Gasteiger partial charge in [0.2, 0.25) is 0 Å². The quantitative estimate of drug-likeness (QED) is 0.0375. The van der Waals surface area contributed by atoms with E-state index < -0.39 is 0 Å². The highest BCUT2D eigenvalue weighted by Gasteiger charge is 2.35. The van der Waals surface area contributed by atoms with Crippen molar-refractivity contribution in [3.63, 3.8) is 0 Å². The van der Waals surface area contributed by atoms with E-state index in [1.807, 2.05) is 76.9 Å². The van der Waals surface area contributed by atoms with Gasteiger partial charge in [0.05, 0.1) is 45.2 Å². The summed E-state index contributed by atoms with van der Waals surface area (Å²) in [5, 5.41) is 0. The molecule has 5 fully saturated rings. The minimum absolute atomic E-state index is 0.00813. The normalized spacial score (nSPS) is 21.7. The Hall–Kier alpha value is -5.18. The zero-order valence-electron chi connectivity index (χ0n) is 73.0. The highest BCUT2D eigenvalue weighted by molar-refractivity contribution is 8.00. The summed E-state index contributed by atoms with van der Waals surface area (Å²) in [6.45, 7) is 56.9. The fourth-order valence-electron chi connectivity index (χ4n) is 13.0. The maximum absolute atomic E-state index is 12.4. The predicted molar refractivity (Wildman–Crippen MR) is 478 cm³/mol. The molecule has 0 amide bonds. The molecule has 10 heterocycles. The SMILES string of the molecule is C=C1N=C(N(C(C)C)C(C)C)C=CN1[C@H]1CS[C@@H](COC(C)C)O1.CCCCN(CC)c1ccn([C@H]2CS[C@@H](COCC)O2)c(=O)n1.CCCCOC[C@H]1O[C@@H](n2ccc(N(CC)CC)nc2=O)CS1.CCCN(CCC)c1ccn([C@H]2CS[C@@H](COCC)O2)c(=O)n1.CCN(c1ccn([C@H]2CS[C@@H](COC(C)C)O2)c(=O)n1)C(C)C. The molecule has 4 aromatic heterocycles. The molecule has 0 saturated carbocycles. The second kappa shape index (κ2) is 53.6. The topological polar surface area (TPSA) is 264 Å². The summed E-state index contributed by atoms with van der Waals surface area (Å²) in [7, 11) is 0. The highest BCUT2D eigenvalue weighted by Crippen LogP contribution is 2.36. The molecule has 0 unspecified atom stereocenters. The lowest BCUT2D eigenvalue weighted by molar-refractivity contribution is -0.0491. The number of aromatic nitrogens is 8. The summed E-state index contributed by atoms with van der Waals surface area (Å²) < 4.78 is 63.5. The third-order valence-electron chi connectivity index (χ3n) is 18.9. The van der Waals surface area contributed by atoms with E-state index in [0.717, 1.165) is 149 Å². The number of ether oxygens (including phenoxy) is 10. The number of hydrogen-bond donors (Lipinski definition) is 0. The molecule has 6 aliphatic heterocycles. The van der Waals surface area contributed by atoms with Crippen molar-refractivity contribution in [2.45, 2.75) is 266 Å². The van der Waals surface area contributed by atoms with Crippen LogP contribution in [0.15, 0.2) is 97.9 Å². The largest absolute Gasteiger partial charge is 0.378 e. The number of rotatable bonds is 40. The van der Waals surface area contributed by atoms with Crippen LogP contribution in [0.3, 0.4) is 0 Å². The van der Waals surface area contributed by atoms with Gasteiger partial charge in [-0.15, -0.1) is 58.8 Å². The average molecular weight is 1720 g/mol. The van der Waals surface area contributed by atoms with Crippen molar-refractivity contribution in [2.24, 2.45) is 4.99 Å². The minimum Gasteiger partial charge on any atom is -0.378 e. The molecule has 116 heavy (non-hydrogen) atoms. The first kappa shape index (κ1) is 99.6. The fourth-order valence-corrected chi connectivity index (χ4v) is 18.0. The molecule has 0 spiro atoms. The number of unbranched alkanes of at least 4 members (excludes halogenated alkanes) is 2. The van der Waals surface area contributed by atoms with Crippen molar-refractivity contribution in [2.75, 3.05) is 147 Å². The van der Waals surface area contributed by atoms with Crippen molar-refractivity contribution >= 4 is 87.9 Å². The van der Waals surface area contributed by atoms with E-state index in [1.165, 1.54) is 0 Å². The van der Waals surface area contributed by atoms with E-state index in [0.29, 0.717) is 70.2 Å². The monoisotopic (exact) mass is 1720 g/mol. The number of hydrogen-bond acceptors (Lipinski definition) is 30. The summed E-state index contributed by atoms with van der Waals surface area (Å²) >= 11 is 8.49. The van der Waals surface area contributed by atoms with E-state index in [2.05, 4.69) is 154 Å². The maximum atomic E-state index is 12.4. The smallest absolute Gasteiger partial charge is 0.351 e. The molecule has 0 aliphatic carbocycles. The lowest BCUT2D eigenvalue weighted by Crippen LogP contribution is -2.43. The molecular weight excluding hydrogens is 1580 g/mol. The van der Waals surface area contributed by atoms with Crippen LogP contribution in [-0.2, 0) is 47.4 Å². The summed E-state index contributed by atoms with van der Waals surface area (Å²) in [6, 6.07) is 8.68. The van der Waals surface area contributed by atoms with E-state index in [9.17, 15) is 19.2 Å². The average Bonchev–Trinajstić information content (AvgIpc) is 1.54. The van der Waals surface area contributed by atoms with Crippen LogP contribution in [0.4, 0.5) is 23.3 Å². The van der Waals surface area contributed by atoms with E-state index in [1.54, 1.807) is 102 Å². The Bertz CT molecular complexity index is 3760. The van der Waals surface area contributed by atoms with Gasteiger partial charge in [0.25, 0.3) is 0 Å². The third-order valence-corrected chi connectivity index (χ3v) is 24.4. The second-order valence-corrected chi connectivity index (χ2v) is 35.3. The van der Waals surface area contributed by atoms with Crippen LogP contribution in [0.5, 0.6) is 0 Å². The highest BCUT2D eigenvalue weighted by atomic mass is 32.2. The fraction of sp³-hybridized carbons (Fsp3) is 0.744. The van der Waals surface area contributed by atoms with Crippen LogP contribution in [0.25, 0.3) is 0 Å². The summed E-state index contributed by atoms with van der Waals surface area (Å²) in [6.07, 6.45) is 17.1. The summed E-state index contributed by atoms with van der Waals surface area (Å²) in [4.78, 5) is 83.7. The van der Waals surface area contributed by atoms with Gasteiger partial charge >= 0.3 is 22.8 Å². The Morgan fingerprint density at radius 2 is 0.793 bits per heavy atom. The first-order valence-corrected chi connectivity index (χ1v) is 47.3. The van der Waals surface area contributed by atoms with Crippen molar-refractivity contribution in [1.82, 2.24) is 48.0 Å². The standard InChI is InChI=1S/C18H31N3O2S.4C16H27N3O3S/c1-12(2)21(13(3)4)16-8-9-20(15(7)19-16)17-11-24-18(23-17)10-22-14(5)6;1-6-18(11(2)3)13-7-8-19(16(20)17-13)14-10-23-15(22-14)9-21-12(4)5;1-4-8-18(9-5-2)13-7-10-19(16(20)17-13)14-12-23-15(22-14)11-21-6-3;1-4-7-10-21-11-15-22-14(12-23-15)19-9-8-13(17-16(19)20)18(5-2)6-3;1-4-7-9-18(5-2)13-8-10-19(16(20)17-13)14-12-23-15(22-14)11-21-6-3/h8-9,12-14,17-18H,7,10-11H2,1-6H3;7-8,11-12,14-15H,6,9-10H2,1-5H3;7,10,14-15H,4-6,8-9,11-12H2,1-3H3;8-9,14-15H,4-7,10-12H2,1-3H3;8,10,14-15H,4-7,9,11-12H2,1-3H3/t17-,18+;4*14-,15+/m11111/s1. The number of nitrogens with zero attached hydrogens (tertiary/aromatic N) is 15. The lowest BCUT2D eigenvalue weighted by atomic mass is 10.2. The lowest BCUT2D eigenvalue weighted by Gasteiger charge is -2.36.